The second-order valence-corrected chi connectivity index (χ2v) is 9.03. The molecule has 160 valence electrons. The lowest BCUT2D eigenvalue weighted by Gasteiger charge is -2.17. The normalized spacial score (nSPS) is 15.8. The highest BCUT2D eigenvalue weighted by Gasteiger charge is 2.27. The van der Waals surface area contributed by atoms with Crippen LogP contribution >= 0.6 is 24.0 Å². The summed E-state index contributed by atoms with van der Waals surface area (Å²) < 4.78 is 1.76. The Kier molecular flexibility index (Phi) is 6.29. The topological polar surface area (TPSA) is 90.6 Å². The number of aliphatic imine (C=N–C) groups is 1. The number of nitrogens with one attached hydrogen (secondary N) is 1. The van der Waals surface area contributed by atoms with Gasteiger partial charge in [-0.1, -0.05) is 37.6 Å². The van der Waals surface area contributed by atoms with Crippen LogP contribution in [0, 0.1) is 4.77 Å². The number of para-hydroxylation sites is 1. The Morgan fingerprint density at radius 1 is 1.23 bits per heavy atom. The first-order valence-corrected chi connectivity index (χ1v) is 11.5. The van der Waals surface area contributed by atoms with Gasteiger partial charge in [0.25, 0.3) is 5.56 Å². The summed E-state index contributed by atoms with van der Waals surface area (Å²) in [6, 6.07) is 14.8. The number of phenolic OH excluding ortho intramolecular Hbond substituents is 1. The van der Waals surface area contributed by atoms with Crippen molar-refractivity contribution in [3.63, 3.8) is 0 Å². The summed E-state index contributed by atoms with van der Waals surface area (Å²) >= 11 is 6.90. The molecule has 0 amide bonds. The number of thioether (sulfide) groups is 1. The zero-order valence-corrected chi connectivity index (χ0v) is 18.7. The van der Waals surface area contributed by atoms with Crippen molar-refractivity contribution in [3.05, 3.63) is 74.8 Å². The maximum absolute atomic E-state index is 12.9. The highest BCUT2D eigenvalue weighted by Crippen LogP contribution is 2.46. The lowest BCUT2D eigenvalue weighted by molar-refractivity contribution is 0.398. The molecule has 0 spiro atoms. The number of unbranched alkanes of at least 4 members (excludes halogenated alkanes) is 1. The number of benzene rings is 2. The molecule has 0 bridgehead atoms. The monoisotopic (exact) mass is 453 g/mol. The van der Waals surface area contributed by atoms with Gasteiger partial charge in [0.2, 0.25) is 5.88 Å². The molecule has 2 heterocycles. The summed E-state index contributed by atoms with van der Waals surface area (Å²) in [7, 11) is 0. The highest BCUT2D eigenvalue weighted by molar-refractivity contribution is 7.99. The molecule has 1 aromatic heterocycles. The molecule has 1 unspecified atom stereocenters. The summed E-state index contributed by atoms with van der Waals surface area (Å²) in [5, 5.41) is 20.9. The second-order valence-electron chi connectivity index (χ2n) is 7.39. The first-order chi connectivity index (χ1) is 15.0. The van der Waals surface area contributed by atoms with Crippen LogP contribution in [0.25, 0.3) is 0 Å². The number of aromatic nitrogens is 2. The molecule has 4 rings (SSSR count). The van der Waals surface area contributed by atoms with Crippen LogP contribution < -0.4 is 5.56 Å². The van der Waals surface area contributed by atoms with E-state index in [1.807, 2.05) is 30.3 Å². The van der Waals surface area contributed by atoms with Crippen molar-refractivity contribution in [3.8, 4) is 11.6 Å². The molecule has 2 aromatic carbocycles. The summed E-state index contributed by atoms with van der Waals surface area (Å²) in [6.45, 7) is 2.57. The number of fused-ring (bicyclic) bond motifs is 1. The number of nitrogens with zero attached hydrogens (tertiary/aromatic N) is 2. The molecular formula is C23H23N3O3S2. The molecule has 1 aliphatic rings. The smallest absolute Gasteiger partial charge is 0.264 e. The van der Waals surface area contributed by atoms with Crippen molar-refractivity contribution < 1.29 is 10.2 Å². The maximum atomic E-state index is 12.9. The molecule has 3 N–H and O–H groups in total. The Hall–Kier alpha value is -2.84. The van der Waals surface area contributed by atoms with E-state index < -0.39 is 5.56 Å². The van der Waals surface area contributed by atoms with Crippen molar-refractivity contribution in [2.24, 2.45) is 4.99 Å². The van der Waals surface area contributed by atoms with Crippen LogP contribution in [0.4, 0.5) is 5.69 Å². The molecule has 1 atom stereocenters. The van der Waals surface area contributed by atoms with Crippen molar-refractivity contribution in [2.75, 3.05) is 0 Å². The third-order valence-electron chi connectivity index (χ3n) is 5.21. The minimum absolute atomic E-state index is 0.0967. The Bertz CT molecular complexity index is 1260. The molecule has 6 nitrogen and oxygen atoms in total. The number of hydrogen-bond acceptors (Lipinski definition) is 6. The van der Waals surface area contributed by atoms with Gasteiger partial charge in [-0.3, -0.25) is 19.3 Å². The van der Waals surface area contributed by atoms with E-state index in [2.05, 4.69) is 11.9 Å². The van der Waals surface area contributed by atoms with Crippen LogP contribution in [0.15, 0.2) is 63.2 Å². The predicted octanol–water partition coefficient (Wildman–Crippen LogP) is 5.48. The number of phenols is 1. The number of H-pyrrole nitrogens is 1. The van der Waals surface area contributed by atoms with Crippen molar-refractivity contribution in [1.29, 1.82) is 0 Å². The van der Waals surface area contributed by atoms with Gasteiger partial charge in [-0.25, -0.2) is 0 Å². The van der Waals surface area contributed by atoms with E-state index in [-0.39, 0.29) is 27.2 Å². The summed E-state index contributed by atoms with van der Waals surface area (Å²) in [6.07, 6.45) is 2.16. The molecule has 0 saturated carbocycles. The minimum atomic E-state index is -0.451. The zero-order valence-electron chi connectivity index (χ0n) is 17.0. The summed E-state index contributed by atoms with van der Waals surface area (Å²) in [4.78, 5) is 21.3. The fraction of sp³-hybridized carbons (Fsp3) is 0.261. The molecule has 8 heteroatoms. The molecule has 3 aromatic rings. The van der Waals surface area contributed by atoms with Gasteiger partial charge in [0.15, 0.2) is 4.77 Å². The van der Waals surface area contributed by atoms with Gasteiger partial charge in [-0.15, -0.1) is 11.8 Å². The van der Waals surface area contributed by atoms with Gasteiger partial charge in [-0.05, 0) is 48.5 Å². The van der Waals surface area contributed by atoms with Gasteiger partial charge in [-0.2, -0.15) is 0 Å². The minimum Gasteiger partial charge on any atom is -0.508 e. The molecule has 31 heavy (non-hydrogen) atoms. The van der Waals surface area contributed by atoms with E-state index in [4.69, 9.17) is 17.2 Å². The molecular weight excluding hydrogens is 430 g/mol. The molecule has 0 fully saturated rings. The number of hydrogen-bond donors (Lipinski definition) is 3. The third-order valence-corrected chi connectivity index (χ3v) is 6.85. The van der Waals surface area contributed by atoms with Crippen molar-refractivity contribution >= 4 is 35.4 Å². The average Bonchev–Trinajstić information content (AvgIpc) is 2.93. The Balaban J connectivity index is 1.88. The standard InChI is InChI=1S/C23H23N3O3S2/c1-2-3-11-26-22(29)20(21(28)25-23(26)30)17-13-19(14-7-6-8-15(27)12-14)31-18-10-5-4-9-16(18)24-17/h4-10,12,19,27,29H,2-3,11,13H2,1H3,(H,25,28,30). The van der Waals surface area contributed by atoms with Gasteiger partial charge in [0, 0.05) is 23.1 Å². The Morgan fingerprint density at radius 2 is 2.03 bits per heavy atom. The number of rotatable bonds is 5. The van der Waals surface area contributed by atoms with E-state index in [0.717, 1.165) is 29.0 Å². The quantitative estimate of drug-likeness (QED) is 0.445. The SMILES string of the molecule is CCCCn1c(O)c(C2=Nc3ccccc3SC(c3cccc(O)c3)C2)c(=O)[nH]c1=S. The lowest BCUT2D eigenvalue weighted by Crippen LogP contribution is -2.24. The number of aromatic amines is 1. The summed E-state index contributed by atoms with van der Waals surface area (Å²) in [5.74, 6) is 0.0303. The number of aromatic hydroxyl groups is 2. The van der Waals surface area contributed by atoms with Gasteiger partial charge in [0.05, 0.1) is 11.4 Å². The van der Waals surface area contributed by atoms with Crippen molar-refractivity contribution in [1.82, 2.24) is 9.55 Å². The Morgan fingerprint density at radius 3 is 2.81 bits per heavy atom. The predicted molar refractivity (Wildman–Crippen MR) is 126 cm³/mol. The van der Waals surface area contributed by atoms with Gasteiger partial charge in [0.1, 0.15) is 11.3 Å². The molecule has 1 aliphatic heterocycles. The van der Waals surface area contributed by atoms with E-state index in [9.17, 15) is 15.0 Å². The first-order valence-electron chi connectivity index (χ1n) is 10.2. The lowest BCUT2D eigenvalue weighted by atomic mass is 10.0. The van der Waals surface area contributed by atoms with Crippen LogP contribution in [-0.2, 0) is 6.54 Å². The van der Waals surface area contributed by atoms with Crippen LogP contribution in [0.3, 0.4) is 0 Å². The van der Waals surface area contributed by atoms with Crippen LogP contribution in [0.5, 0.6) is 11.6 Å². The van der Waals surface area contributed by atoms with Crippen LogP contribution in [-0.4, -0.2) is 25.5 Å². The molecule has 0 radical (unpaired) electrons. The van der Waals surface area contributed by atoms with E-state index in [1.165, 1.54) is 0 Å². The van der Waals surface area contributed by atoms with Crippen LogP contribution in [0.2, 0.25) is 0 Å². The second kappa shape index (κ2) is 9.11. The van der Waals surface area contributed by atoms with Crippen molar-refractivity contribution in [2.45, 2.75) is 42.9 Å². The highest BCUT2D eigenvalue weighted by atomic mass is 32.2. The largest absolute Gasteiger partial charge is 0.508 e. The van der Waals surface area contributed by atoms with Crippen LogP contribution in [0.1, 0.15) is 42.6 Å². The third kappa shape index (κ3) is 4.45. The zero-order chi connectivity index (χ0) is 22.0. The van der Waals surface area contributed by atoms with E-state index in [0.29, 0.717) is 18.7 Å². The van der Waals surface area contributed by atoms with E-state index >= 15 is 0 Å². The van der Waals surface area contributed by atoms with Gasteiger partial charge >= 0.3 is 0 Å². The first kappa shape index (κ1) is 21.4. The maximum Gasteiger partial charge on any atom is 0.264 e. The fourth-order valence-electron chi connectivity index (χ4n) is 3.62. The van der Waals surface area contributed by atoms with Gasteiger partial charge < -0.3 is 10.2 Å². The fourth-order valence-corrected chi connectivity index (χ4v) is 5.12. The Labute approximate surface area is 189 Å². The molecule has 0 saturated heterocycles. The summed E-state index contributed by atoms with van der Waals surface area (Å²) in [5.41, 5.74) is 1.85. The molecule has 0 aliphatic carbocycles. The average molecular weight is 454 g/mol. The van der Waals surface area contributed by atoms with E-state index in [1.54, 1.807) is 34.5 Å².